The molecule has 64 heavy (non-hydrogen) atoms. The molecule has 3 heteroatoms. The minimum atomic E-state index is 0.711. The van der Waals surface area contributed by atoms with Crippen LogP contribution >= 0.6 is 11.3 Å². The van der Waals surface area contributed by atoms with E-state index in [-0.39, 0.29) is 0 Å². The van der Waals surface area contributed by atoms with Crippen LogP contribution in [-0.4, -0.2) is 4.57 Å². The molecule has 0 amide bonds. The van der Waals surface area contributed by atoms with Gasteiger partial charge in [0.25, 0.3) is 0 Å². The number of fused-ring (bicyclic) bond motifs is 6. The molecule has 302 valence electrons. The molecule has 12 rings (SSSR count). The number of thiophene rings is 1. The second-order valence-corrected chi connectivity index (χ2v) is 17.6. The molecular formula is C61H42N2S. The molecule has 0 unspecified atom stereocenters. The zero-order valence-corrected chi connectivity index (χ0v) is 35.9. The molecule has 0 atom stereocenters. The number of aromatic nitrogens is 1. The fraction of sp³-hybridized carbons (Fsp3) is 0.0164. The number of rotatable bonds is 9. The van der Waals surface area contributed by atoms with E-state index in [0.717, 1.165) is 11.4 Å². The molecule has 0 radical (unpaired) electrons. The highest BCUT2D eigenvalue weighted by Crippen LogP contribution is 2.42. The lowest BCUT2D eigenvalue weighted by atomic mass is 9.93. The van der Waals surface area contributed by atoms with Crippen molar-refractivity contribution in [3.63, 3.8) is 0 Å². The molecule has 0 saturated heterocycles. The van der Waals surface area contributed by atoms with Crippen LogP contribution in [0.15, 0.2) is 243 Å². The Balaban J connectivity index is 0.905. The Labute approximate surface area is 377 Å². The van der Waals surface area contributed by atoms with Gasteiger partial charge in [0.1, 0.15) is 0 Å². The normalized spacial score (nSPS) is 11.5. The average molecular weight is 835 g/mol. The SMILES string of the molecule is c1ccc(-c2ccc(-c3ccc(N(Cc4ccccc4-c4cccc(-c5cccc6c5c5ccccc5n6-c5ccc6sc7ccccc7c6c5)c4)c4ccccc4)cc3)cc2)cc1. The van der Waals surface area contributed by atoms with Gasteiger partial charge in [-0.2, -0.15) is 0 Å². The molecule has 0 saturated carbocycles. The van der Waals surface area contributed by atoms with Crippen molar-refractivity contribution in [2.75, 3.05) is 4.90 Å². The van der Waals surface area contributed by atoms with Crippen molar-refractivity contribution in [2.45, 2.75) is 6.54 Å². The van der Waals surface area contributed by atoms with Gasteiger partial charge in [-0.3, -0.25) is 0 Å². The number of hydrogen-bond acceptors (Lipinski definition) is 2. The Bertz CT molecular complexity index is 3620. The number of anilines is 2. The van der Waals surface area contributed by atoms with Crippen molar-refractivity contribution in [1.29, 1.82) is 0 Å². The molecule has 0 aliphatic rings. The van der Waals surface area contributed by atoms with Crippen molar-refractivity contribution < 1.29 is 0 Å². The van der Waals surface area contributed by atoms with Gasteiger partial charge in [-0.15, -0.1) is 11.3 Å². The summed E-state index contributed by atoms with van der Waals surface area (Å²) in [6.45, 7) is 0.711. The lowest BCUT2D eigenvalue weighted by Gasteiger charge is -2.27. The van der Waals surface area contributed by atoms with Crippen LogP contribution in [0.2, 0.25) is 0 Å². The minimum absolute atomic E-state index is 0.711. The van der Waals surface area contributed by atoms with Gasteiger partial charge >= 0.3 is 0 Å². The summed E-state index contributed by atoms with van der Waals surface area (Å²) < 4.78 is 5.09. The van der Waals surface area contributed by atoms with Gasteiger partial charge in [0.05, 0.1) is 11.0 Å². The van der Waals surface area contributed by atoms with E-state index in [4.69, 9.17) is 0 Å². The molecule has 0 fully saturated rings. The third kappa shape index (κ3) is 6.75. The van der Waals surface area contributed by atoms with Gasteiger partial charge in [-0.25, -0.2) is 0 Å². The smallest absolute Gasteiger partial charge is 0.0547 e. The van der Waals surface area contributed by atoms with Gasteiger partial charge in [0, 0.05) is 54.6 Å². The molecule has 2 heterocycles. The lowest BCUT2D eigenvalue weighted by molar-refractivity contribution is 0.977. The lowest BCUT2D eigenvalue weighted by Crippen LogP contribution is -2.17. The molecule has 0 spiro atoms. The van der Waals surface area contributed by atoms with Crippen LogP contribution in [0, 0.1) is 0 Å². The first-order valence-electron chi connectivity index (χ1n) is 21.9. The topological polar surface area (TPSA) is 8.17 Å². The van der Waals surface area contributed by atoms with E-state index in [1.807, 2.05) is 11.3 Å². The maximum absolute atomic E-state index is 2.45. The molecule has 2 nitrogen and oxygen atoms in total. The summed E-state index contributed by atoms with van der Waals surface area (Å²) in [5.74, 6) is 0. The van der Waals surface area contributed by atoms with Crippen molar-refractivity contribution in [1.82, 2.24) is 4.57 Å². The van der Waals surface area contributed by atoms with Crippen LogP contribution in [0.25, 0.3) is 92.2 Å². The van der Waals surface area contributed by atoms with Gasteiger partial charge in [-0.1, -0.05) is 176 Å². The summed E-state index contributed by atoms with van der Waals surface area (Å²) in [5.41, 5.74) is 16.9. The molecule has 0 bridgehead atoms. The predicted octanol–water partition coefficient (Wildman–Crippen LogP) is 17.2. The molecule has 12 aromatic rings. The van der Waals surface area contributed by atoms with Crippen LogP contribution < -0.4 is 4.90 Å². The molecule has 0 aliphatic carbocycles. The average Bonchev–Trinajstić information content (AvgIpc) is 3.92. The second-order valence-electron chi connectivity index (χ2n) is 16.5. The Hall–Kier alpha value is -7.98. The van der Waals surface area contributed by atoms with E-state index in [0.29, 0.717) is 6.54 Å². The Morgan fingerprint density at radius 2 is 0.875 bits per heavy atom. The standard InChI is InChI=1S/C61H42N2S/c1-3-15-42(16-4-1)43-29-31-44(32-30-43)45-33-35-50(36-34-45)62(49-20-5-2-6-21-49)41-48-17-7-8-22-52(48)46-18-13-19-47(39-46)53-25-14-27-58-61(53)55-24-9-11-26-57(55)63(58)51-37-38-60-56(40-51)54-23-10-12-28-59(54)64-60/h1-40H,41H2. The molecule has 2 aromatic heterocycles. The summed E-state index contributed by atoms with van der Waals surface area (Å²) >= 11 is 1.86. The number of hydrogen-bond donors (Lipinski definition) is 0. The summed E-state index contributed by atoms with van der Waals surface area (Å²) in [6, 6.07) is 88.6. The van der Waals surface area contributed by atoms with Gasteiger partial charge in [-0.05, 0) is 117 Å². The Kier molecular flexibility index (Phi) is 9.47. The molecule has 0 N–H and O–H groups in total. The number of benzene rings is 10. The monoisotopic (exact) mass is 834 g/mol. The van der Waals surface area contributed by atoms with Crippen molar-refractivity contribution in [3.8, 4) is 50.2 Å². The van der Waals surface area contributed by atoms with E-state index >= 15 is 0 Å². The fourth-order valence-corrected chi connectivity index (χ4v) is 10.7. The first-order chi connectivity index (χ1) is 31.7. The fourth-order valence-electron chi connectivity index (χ4n) is 9.61. The highest BCUT2D eigenvalue weighted by atomic mass is 32.1. The maximum Gasteiger partial charge on any atom is 0.0547 e. The summed E-state index contributed by atoms with van der Waals surface area (Å²) in [7, 11) is 0. The van der Waals surface area contributed by atoms with E-state index in [9.17, 15) is 0 Å². The molecule has 0 aliphatic heterocycles. The van der Waals surface area contributed by atoms with Crippen molar-refractivity contribution >= 4 is 64.7 Å². The van der Waals surface area contributed by atoms with Crippen molar-refractivity contribution in [2.24, 2.45) is 0 Å². The zero-order chi connectivity index (χ0) is 42.4. The predicted molar refractivity (Wildman–Crippen MR) is 274 cm³/mol. The second kappa shape index (κ2) is 16.0. The van der Waals surface area contributed by atoms with Crippen molar-refractivity contribution in [3.05, 3.63) is 248 Å². The van der Waals surface area contributed by atoms with Gasteiger partial charge in [0.2, 0.25) is 0 Å². The van der Waals surface area contributed by atoms with Crippen LogP contribution in [0.5, 0.6) is 0 Å². The number of para-hydroxylation sites is 2. The highest BCUT2D eigenvalue weighted by Gasteiger charge is 2.19. The van der Waals surface area contributed by atoms with Crippen LogP contribution in [0.4, 0.5) is 11.4 Å². The quantitative estimate of drug-likeness (QED) is 0.141. The van der Waals surface area contributed by atoms with Crippen LogP contribution in [-0.2, 0) is 6.54 Å². The largest absolute Gasteiger partial charge is 0.337 e. The zero-order valence-electron chi connectivity index (χ0n) is 35.1. The third-order valence-corrected chi connectivity index (χ3v) is 13.9. The Morgan fingerprint density at radius 3 is 1.66 bits per heavy atom. The highest BCUT2D eigenvalue weighted by molar-refractivity contribution is 7.25. The summed E-state index contributed by atoms with van der Waals surface area (Å²) in [4.78, 5) is 2.43. The van der Waals surface area contributed by atoms with Gasteiger partial charge < -0.3 is 9.47 Å². The van der Waals surface area contributed by atoms with Crippen LogP contribution in [0.1, 0.15) is 5.56 Å². The molecule has 10 aromatic carbocycles. The summed E-state index contributed by atoms with van der Waals surface area (Å²) in [6.07, 6.45) is 0. The Morgan fingerprint density at radius 1 is 0.344 bits per heavy atom. The first kappa shape index (κ1) is 37.8. The van der Waals surface area contributed by atoms with Crippen LogP contribution in [0.3, 0.4) is 0 Å². The first-order valence-corrected chi connectivity index (χ1v) is 22.8. The third-order valence-electron chi connectivity index (χ3n) is 12.7. The molecular weight excluding hydrogens is 793 g/mol. The van der Waals surface area contributed by atoms with E-state index in [2.05, 4.69) is 252 Å². The van der Waals surface area contributed by atoms with E-state index in [1.165, 1.54) is 97.7 Å². The number of nitrogens with zero attached hydrogens (tertiary/aromatic N) is 2. The van der Waals surface area contributed by atoms with Gasteiger partial charge in [0.15, 0.2) is 0 Å². The maximum atomic E-state index is 2.45. The minimum Gasteiger partial charge on any atom is -0.337 e. The summed E-state index contributed by atoms with van der Waals surface area (Å²) in [5, 5.41) is 5.14. The van der Waals surface area contributed by atoms with E-state index in [1.54, 1.807) is 0 Å². The van der Waals surface area contributed by atoms with E-state index < -0.39 is 0 Å².